The highest BCUT2D eigenvalue weighted by Crippen LogP contribution is 2.37. The van der Waals surface area contributed by atoms with Crippen molar-refractivity contribution in [2.75, 3.05) is 18.1 Å². The number of benzene rings is 3. The van der Waals surface area contributed by atoms with Crippen molar-refractivity contribution in [1.29, 1.82) is 0 Å². The molecule has 0 aromatic heterocycles. The molecule has 0 fully saturated rings. The van der Waals surface area contributed by atoms with Crippen molar-refractivity contribution in [3.05, 3.63) is 67.0 Å². The van der Waals surface area contributed by atoms with Gasteiger partial charge in [-0.25, -0.2) is 16.8 Å². The molecule has 1 aliphatic heterocycles. The second kappa shape index (κ2) is 16.2. The Labute approximate surface area is 266 Å². The van der Waals surface area contributed by atoms with Crippen LogP contribution in [-0.4, -0.2) is 46.0 Å². The molecule has 0 unspecified atom stereocenters. The topological polar surface area (TPSA) is 86.8 Å². The molecule has 256 valence electrons. The molecular weight excluding hydrogens is 656 g/mol. The fraction of sp³-hybridized carbons (Fsp3) is 0.484. The van der Waals surface area contributed by atoms with Gasteiger partial charge in [-0.2, -0.15) is 26.3 Å². The third-order valence-corrected chi connectivity index (χ3v) is 10.4. The van der Waals surface area contributed by atoms with Crippen molar-refractivity contribution in [2.45, 2.75) is 82.1 Å². The zero-order valence-corrected chi connectivity index (χ0v) is 27.1. The maximum absolute atomic E-state index is 11.5. The first-order valence-corrected chi connectivity index (χ1v) is 18.0. The summed E-state index contributed by atoms with van der Waals surface area (Å²) in [6.07, 6.45) is 18.5. The van der Waals surface area contributed by atoms with Crippen LogP contribution in [0.3, 0.4) is 0 Å². The molecule has 0 bridgehead atoms. The summed E-state index contributed by atoms with van der Waals surface area (Å²) in [6, 6.07) is 19.9. The van der Waals surface area contributed by atoms with Crippen LogP contribution in [0.2, 0.25) is 0 Å². The number of unbranched alkanes of at least 4 members (excludes halogenated alkanes) is 9. The van der Waals surface area contributed by atoms with Gasteiger partial charge in [0.1, 0.15) is 0 Å². The summed E-state index contributed by atoms with van der Waals surface area (Å²) in [4.78, 5) is 4.91. The number of anilines is 1. The van der Waals surface area contributed by atoms with Crippen LogP contribution in [-0.2, 0) is 20.0 Å². The lowest BCUT2D eigenvalue weighted by Crippen LogP contribution is -2.45. The van der Waals surface area contributed by atoms with E-state index in [1.54, 1.807) is 0 Å². The maximum atomic E-state index is 11.5. The smallest absolute Gasteiger partial charge is 0.358 e. The van der Waals surface area contributed by atoms with Crippen molar-refractivity contribution in [1.82, 2.24) is 9.03 Å². The molecule has 0 amide bonds. The fourth-order valence-corrected chi connectivity index (χ4v) is 7.01. The van der Waals surface area contributed by atoms with Gasteiger partial charge in [0.25, 0.3) is 0 Å². The number of nitrogens with one attached hydrogen (secondary N) is 1. The quantitative estimate of drug-likeness (QED) is 0.103. The number of nitrogens with zero attached hydrogens (tertiary/aromatic N) is 2. The van der Waals surface area contributed by atoms with Crippen molar-refractivity contribution >= 4 is 47.3 Å². The van der Waals surface area contributed by atoms with Crippen LogP contribution in [0.4, 0.5) is 32.0 Å². The Morgan fingerprint density at radius 2 is 1.09 bits per heavy atom. The molecule has 0 radical (unpaired) electrons. The first-order chi connectivity index (χ1) is 21.6. The Morgan fingerprint density at radius 1 is 0.652 bits per heavy atom. The first-order valence-electron chi connectivity index (χ1n) is 15.1. The van der Waals surface area contributed by atoms with Gasteiger partial charge in [0.15, 0.2) is 0 Å². The van der Waals surface area contributed by atoms with Crippen molar-refractivity contribution < 1.29 is 43.2 Å². The molecule has 46 heavy (non-hydrogen) atoms. The van der Waals surface area contributed by atoms with E-state index in [9.17, 15) is 43.2 Å². The van der Waals surface area contributed by atoms with Crippen LogP contribution < -0.4 is 9.03 Å². The predicted molar refractivity (Wildman–Crippen MR) is 170 cm³/mol. The highest BCUT2D eigenvalue weighted by molar-refractivity contribution is 8.05. The van der Waals surface area contributed by atoms with Crippen LogP contribution in [0.1, 0.15) is 71.1 Å². The van der Waals surface area contributed by atoms with E-state index in [0.29, 0.717) is 0 Å². The van der Waals surface area contributed by atoms with Crippen LogP contribution in [0.5, 0.6) is 0 Å². The van der Waals surface area contributed by atoms with Gasteiger partial charge in [-0.15, -0.1) is 0 Å². The van der Waals surface area contributed by atoms with Crippen molar-refractivity contribution in [2.24, 2.45) is 0 Å². The summed E-state index contributed by atoms with van der Waals surface area (Å²) in [7, 11) is -13.2. The molecule has 1 heterocycles. The molecule has 1 N–H and O–H groups in total. The number of hydrogen-bond acceptors (Lipinski definition) is 6. The van der Waals surface area contributed by atoms with Crippen LogP contribution >= 0.6 is 0 Å². The summed E-state index contributed by atoms with van der Waals surface area (Å²) in [5, 5.41) is 5.31. The van der Waals surface area contributed by atoms with Crippen molar-refractivity contribution in [3.8, 4) is 0 Å². The third kappa shape index (κ3) is 10.2. The Morgan fingerprint density at radius 3 is 1.54 bits per heavy atom. The van der Waals surface area contributed by atoms with Crippen LogP contribution in [0.25, 0.3) is 21.5 Å². The van der Waals surface area contributed by atoms with E-state index in [1.165, 1.54) is 91.4 Å². The summed E-state index contributed by atoms with van der Waals surface area (Å²) in [5.41, 5.74) is -11.0. The Balaban J connectivity index is 0.000000326. The average molecular weight is 696 g/mol. The molecule has 3 aromatic rings. The van der Waals surface area contributed by atoms with Gasteiger partial charge < -0.3 is 9.80 Å². The lowest BCUT2D eigenvalue weighted by Gasteiger charge is -2.24. The maximum Gasteiger partial charge on any atom is 0.512 e. The van der Waals surface area contributed by atoms with Gasteiger partial charge in [-0.1, -0.05) is 117 Å². The SMILES string of the molecule is CCCCCCCCCCCCN1C=CN(c2c3ccccc3cc3ccccc23)C1.O=S(=O)(NS(=O)(=O)C(F)(F)F)C(F)(F)F. The molecular formula is C31H39F6N3O4S2. The standard InChI is InChI=1S/C29H38N2.C2HF6NO4S2/c1-2-3-4-5-6-7-8-9-10-15-20-30-21-22-31(24-30)29-27-18-13-11-16-25(27)23-26-17-12-14-19-28(26)29;3-1(4,5)14(10,11)9-15(12,13)2(6,7)8/h11-14,16-19,21-23H,2-10,15,20,24H2,1H3;9H. The highest BCUT2D eigenvalue weighted by Gasteiger charge is 2.55. The largest absolute Gasteiger partial charge is 0.512 e. The number of alkyl halides is 6. The minimum Gasteiger partial charge on any atom is -0.358 e. The van der Waals surface area contributed by atoms with Gasteiger partial charge in [0.2, 0.25) is 0 Å². The molecule has 3 aromatic carbocycles. The molecule has 0 saturated heterocycles. The Hall–Kier alpha value is -3.04. The van der Waals surface area contributed by atoms with Gasteiger partial charge in [0.05, 0.1) is 12.4 Å². The highest BCUT2D eigenvalue weighted by atomic mass is 32.3. The molecule has 7 nitrogen and oxygen atoms in total. The predicted octanol–water partition coefficient (Wildman–Crippen LogP) is 8.74. The van der Waals surface area contributed by atoms with Crippen LogP contribution in [0.15, 0.2) is 67.0 Å². The number of hydrogen-bond donors (Lipinski definition) is 1. The van der Waals surface area contributed by atoms with Gasteiger partial charge in [-0.3, -0.25) is 0 Å². The second-order valence-corrected chi connectivity index (χ2v) is 14.7. The van der Waals surface area contributed by atoms with E-state index in [4.69, 9.17) is 0 Å². The number of rotatable bonds is 14. The summed E-state index contributed by atoms with van der Waals surface area (Å²) in [6.45, 7) is 4.40. The lowest BCUT2D eigenvalue weighted by atomic mass is 10.0. The third-order valence-electron chi connectivity index (χ3n) is 7.45. The van der Waals surface area contributed by atoms with Gasteiger partial charge >= 0.3 is 31.1 Å². The molecule has 0 spiro atoms. The Kier molecular flexibility index (Phi) is 13.2. The molecule has 4 rings (SSSR count). The summed E-state index contributed by atoms with van der Waals surface area (Å²) < 4.78 is 108. The van der Waals surface area contributed by atoms with Gasteiger partial charge in [-0.05, 0) is 23.3 Å². The van der Waals surface area contributed by atoms with Crippen LogP contribution in [0, 0.1) is 0 Å². The average Bonchev–Trinajstić information content (AvgIpc) is 3.44. The zero-order chi connectivity index (χ0) is 34.0. The summed E-state index contributed by atoms with van der Waals surface area (Å²) in [5.74, 6) is 0. The van der Waals surface area contributed by atoms with E-state index in [-0.39, 0.29) is 0 Å². The normalized spacial score (nSPS) is 14.2. The van der Waals surface area contributed by atoms with E-state index in [0.717, 1.165) is 13.2 Å². The lowest BCUT2D eigenvalue weighted by molar-refractivity contribution is -0.0476. The molecule has 1 aliphatic rings. The minimum atomic E-state index is -6.60. The minimum absolute atomic E-state index is 0.493. The monoisotopic (exact) mass is 695 g/mol. The zero-order valence-electron chi connectivity index (χ0n) is 25.4. The van der Waals surface area contributed by atoms with E-state index < -0.39 is 35.2 Å². The number of fused-ring (bicyclic) bond motifs is 2. The molecule has 15 heteroatoms. The fourth-order valence-electron chi connectivity index (χ4n) is 5.10. The second-order valence-electron chi connectivity index (χ2n) is 11.1. The first kappa shape index (κ1) is 37.4. The van der Waals surface area contributed by atoms with E-state index in [1.807, 2.05) is 0 Å². The molecule has 0 aliphatic carbocycles. The Bertz CT molecular complexity index is 1580. The van der Waals surface area contributed by atoms with Crippen molar-refractivity contribution in [3.63, 3.8) is 0 Å². The number of halogens is 6. The molecule has 0 atom stereocenters. The summed E-state index contributed by atoms with van der Waals surface area (Å²) >= 11 is 0. The van der Waals surface area contributed by atoms with Gasteiger partial charge in [0, 0.05) is 29.7 Å². The molecule has 0 saturated carbocycles. The van der Waals surface area contributed by atoms with E-state index >= 15 is 0 Å². The number of sulfonamides is 2. The van der Waals surface area contributed by atoms with E-state index in [2.05, 4.69) is 83.7 Å².